The van der Waals surface area contributed by atoms with Gasteiger partial charge in [-0.2, -0.15) is 18.2 Å². The fraction of sp³-hybridized carbons (Fsp3) is 0.583. The van der Waals surface area contributed by atoms with Crippen LogP contribution in [0.25, 0.3) is 0 Å². The summed E-state index contributed by atoms with van der Waals surface area (Å²) in [7, 11) is 0. The highest BCUT2D eigenvalue weighted by Crippen LogP contribution is 2.34. The number of alkyl halides is 3. The van der Waals surface area contributed by atoms with Crippen molar-refractivity contribution in [1.82, 2.24) is 19.8 Å². The lowest BCUT2D eigenvalue weighted by molar-refractivity contribution is -0.137. The average molecular weight is 533 g/mol. The van der Waals surface area contributed by atoms with Crippen LogP contribution < -0.4 is 10.6 Å². The highest BCUT2D eigenvalue weighted by Gasteiger charge is 2.35. The van der Waals surface area contributed by atoms with Gasteiger partial charge in [0, 0.05) is 37.6 Å². The first-order valence-electron chi connectivity index (χ1n) is 12.1. The van der Waals surface area contributed by atoms with Gasteiger partial charge in [0.2, 0.25) is 5.95 Å². The predicted molar refractivity (Wildman–Crippen MR) is 137 cm³/mol. The summed E-state index contributed by atoms with van der Waals surface area (Å²) in [5, 5.41) is 6.47. The van der Waals surface area contributed by atoms with Crippen molar-refractivity contribution in [2.24, 2.45) is 0 Å². The third kappa shape index (κ3) is 8.10. The number of rotatable bonds is 11. The normalized spacial score (nSPS) is 17.1. The van der Waals surface area contributed by atoms with Gasteiger partial charge in [-0.15, -0.1) is 0 Å². The lowest BCUT2D eigenvalue weighted by atomic mass is 10.0. The molecule has 1 saturated heterocycles. The number of benzene rings is 1. The van der Waals surface area contributed by atoms with E-state index in [0.29, 0.717) is 34.7 Å². The van der Waals surface area contributed by atoms with Gasteiger partial charge in [0.25, 0.3) is 0 Å². The monoisotopic (exact) mass is 532 g/mol. The molecule has 3 rings (SSSR count). The van der Waals surface area contributed by atoms with Crippen LogP contribution in [0.2, 0.25) is 10.0 Å². The molecular formula is C24H33Cl2F3N6. The molecule has 1 aromatic carbocycles. The van der Waals surface area contributed by atoms with Gasteiger partial charge < -0.3 is 15.5 Å². The van der Waals surface area contributed by atoms with Gasteiger partial charge in [-0.25, -0.2) is 4.98 Å². The summed E-state index contributed by atoms with van der Waals surface area (Å²) < 4.78 is 40.7. The lowest BCUT2D eigenvalue weighted by Gasteiger charge is -2.38. The van der Waals surface area contributed by atoms with Gasteiger partial charge in [0.15, 0.2) is 0 Å². The molecule has 2 aromatic rings. The second-order valence-corrected chi connectivity index (χ2v) is 9.47. The van der Waals surface area contributed by atoms with Crippen LogP contribution in [-0.4, -0.2) is 65.1 Å². The summed E-state index contributed by atoms with van der Waals surface area (Å²) in [4.78, 5) is 12.8. The molecule has 0 spiro atoms. The minimum Gasteiger partial charge on any atom is -0.369 e. The van der Waals surface area contributed by atoms with Crippen LogP contribution in [0.1, 0.15) is 45.1 Å². The van der Waals surface area contributed by atoms with Gasteiger partial charge in [-0.1, -0.05) is 43.5 Å². The Morgan fingerprint density at radius 2 is 1.91 bits per heavy atom. The smallest absolute Gasteiger partial charge is 0.369 e. The molecule has 2 heterocycles. The third-order valence-corrected chi connectivity index (χ3v) is 7.04. The number of halogens is 5. The number of likely N-dealkylation sites (N-methyl/N-ethyl adjacent to an activating group) is 1. The van der Waals surface area contributed by atoms with Crippen LogP contribution in [0, 0.1) is 0 Å². The molecule has 194 valence electrons. The average Bonchev–Trinajstić information content (AvgIpc) is 2.82. The molecule has 1 aliphatic heterocycles. The Labute approximate surface area is 215 Å². The van der Waals surface area contributed by atoms with E-state index in [0.717, 1.165) is 51.8 Å². The summed E-state index contributed by atoms with van der Waals surface area (Å²) in [6.45, 7) is 9.67. The largest absolute Gasteiger partial charge is 0.421 e. The number of likely N-dealkylation sites (tertiary alicyclic amines) is 1. The number of hydrogen-bond donors (Lipinski definition) is 2. The van der Waals surface area contributed by atoms with Crippen LogP contribution in [0.4, 0.5) is 30.6 Å². The molecule has 0 radical (unpaired) electrons. The second-order valence-electron chi connectivity index (χ2n) is 8.66. The maximum absolute atomic E-state index is 13.6. The Bertz CT molecular complexity index is 955. The Hall–Kier alpha value is -1.81. The summed E-state index contributed by atoms with van der Waals surface area (Å²) in [5.74, 6) is -0.206. The number of piperidine rings is 1. The number of nitrogens with one attached hydrogen (secondary N) is 2. The number of anilines is 3. The topological polar surface area (TPSA) is 56.3 Å². The summed E-state index contributed by atoms with van der Waals surface area (Å²) >= 11 is 11.9. The molecule has 0 amide bonds. The fourth-order valence-corrected chi connectivity index (χ4v) is 4.62. The maximum Gasteiger partial charge on any atom is 0.421 e. The molecule has 1 aliphatic rings. The number of nitrogens with zero attached hydrogens (tertiary/aromatic N) is 4. The Kier molecular flexibility index (Phi) is 10.3. The third-order valence-electron chi connectivity index (χ3n) is 6.30. The van der Waals surface area contributed by atoms with Crippen molar-refractivity contribution >= 4 is 40.7 Å². The van der Waals surface area contributed by atoms with Crippen molar-refractivity contribution in [3.63, 3.8) is 0 Å². The van der Waals surface area contributed by atoms with Crippen molar-refractivity contribution in [3.8, 4) is 0 Å². The Morgan fingerprint density at radius 3 is 2.60 bits per heavy atom. The molecule has 6 nitrogen and oxygen atoms in total. The summed E-state index contributed by atoms with van der Waals surface area (Å²) in [6.07, 6.45) is 0.497. The second kappa shape index (κ2) is 12.9. The minimum atomic E-state index is -4.56. The molecule has 11 heteroatoms. The van der Waals surface area contributed by atoms with Gasteiger partial charge in [-0.3, -0.25) is 4.90 Å². The van der Waals surface area contributed by atoms with E-state index < -0.39 is 11.7 Å². The first-order valence-corrected chi connectivity index (χ1v) is 12.8. The van der Waals surface area contributed by atoms with Gasteiger partial charge >= 0.3 is 6.18 Å². The van der Waals surface area contributed by atoms with E-state index in [4.69, 9.17) is 23.2 Å². The quantitative estimate of drug-likeness (QED) is 0.320. The predicted octanol–water partition coefficient (Wildman–Crippen LogP) is 6.54. The van der Waals surface area contributed by atoms with Crippen molar-refractivity contribution in [2.45, 2.75) is 51.7 Å². The van der Waals surface area contributed by atoms with Crippen LogP contribution in [0.15, 0.2) is 24.4 Å². The molecule has 0 bridgehead atoms. The van der Waals surface area contributed by atoms with Crippen LogP contribution in [-0.2, 0) is 6.18 Å². The summed E-state index contributed by atoms with van der Waals surface area (Å²) in [6, 6.07) is 5.29. The molecule has 0 saturated carbocycles. The van der Waals surface area contributed by atoms with Crippen molar-refractivity contribution in [2.75, 3.05) is 49.9 Å². The Balaban J connectivity index is 1.63. The summed E-state index contributed by atoms with van der Waals surface area (Å²) in [5.41, 5.74) is -0.371. The Morgan fingerprint density at radius 1 is 1.14 bits per heavy atom. The zero-order chi connectivity index (χ0) is 25.4. The van der Waals surface area contributed by atoms with E-state index in [-0.39, 0.29) is 11.8 Å². The van der Waals surface area contributed by atoms with Crippen molar-refractivity contribution in [3.05, 3.63) is 40.0 Å². The molecule has 0 aliphatic carbocycles. The molecule has 2 N–H and O–H groups in total. The van der Waals surface area contributed by atoms with Gasteiger partial charge in [0.1, 0.15) is 11.4 Å². The highest BCUT2D eigenvalue weighted by atomic mass is 35.5. The SMILES string of the molecule is CCN(CC)CC1CCCCN1CCCNc1nc(Nc2ccc(Cl)c(Cl)c2)ncc1C(F)(F)F. The van der Waals surface area contributed by atoms with Crippen molar-refractivity contribution < 1.29 is 13.2 Å². The maximum atomic E-state index is 13.6. The molecule has 1 aromatic heterocycles. The van der Waals surface area contributed by atoms with E-state index >= 15 is 0 Å². The molecule has 1 unspecified atom stereocenters. The zero-order valence-corrected chi connectivity index (χ0v) is 21.6. The van der Waals surface area contributed by atoms with Crippen molar-refractivity contribution in [1.29, 1.82) is 0 Å². The zero-order valence-electron chi connectivity index (χ0n) is 20.1. The van der Waals surface area contributed by atoms with Crippen LogP contribution >= 0.6 is 23.2 Å². The van der Waals surface area contributed by atoms with E-state index in [2.05, 4.69) is 44.2 Å². The standard InChI is InChI=1S/C24H33Cl2F3N6/c1-3-34(4-2)16-18-8-5-6-12-35(18)13-7-11-30-22-19(24(27,28)29)15-31-23(33-22)32-17-9-10-20(25)21(26)14-17/h9-10,14-15,18H,3-8,11-13,16H2,1-2H3,(H2,30,31,32,33). The number of aromatic nitrogens is 2. The van der Waals surface area contributed by atoms with E-state index in [1.54, 1.807) is 18.2 Å². The van der Waals surface area contributed by atoms with E-state index in [1.165, 1.54) is 6.42 Å². The first kappa shape index (κ1) is 27.8. The lowest BCUT2D eigenvalue weighted by Crippen LogP contribution is -2.47. The molecule has 35 heavy (non-hydrogen) atoms. The first-order chi connectivity index (χ1) is 16.7. The molecule has 1 atom stereocenters. The van der Waals surface area contributed by atoms with E-state index in [9.17, 15) is 13.2 Å². The fourth-order valence-electron chi connectivity index (χ4n) is 4.32. The van der Waals surface area contributed by atoms with Gasteiger partial charge in [-0.05, 0) is 57.1 Å². The van der Waals surface area contributed by atoms with Gasteiger partial charge in [0.05, 0.1) is 10.0 Å². The molecular weight excluding hydrogens is 500 g/mol. The van der Waals surface area contributed by atoms with Crippen LogP contribution in [0.3, 0.4) is 0 Å². The highest BCUT2D eigenvalue weighted by molar-refractivity contribution is 6.42. The minimum absolute atomic E-state index is 0.0363. The molecule has 1 fully saturated rings. The number of hydrogen-bond acceptors (Lipinski definition) is 6. The van der Waals surface area contributed by atoms with E-state index in [1.807, 2.05) is 0 Å². The van der Waals surface area contributed by atoms with Crippen LogP contribution in [0.5, 0.6) is 0 Å².